The van der Waals surface area contributed by atoms with Crippen LogP contribution in [-0.2, 0) is 13.1 Å². The highest BCUT2D eigenvalue weighted by Crippen LogP contribution is 2.35. The van der Waals surface area contributed by atoms with E-state index in [1.165, 1.54) is 0 Å². The number of rotatable bonds is 7. The molecule has 0 aliphatic carbocycles. The van der Waals surface area contributed by atoms with Gasteiger partial charge in [0.15, 0.2) is 0 Å². The van der Waals surface area contributed by atoms with Crippen molar-refractivity contribution in [3.8, 4) is 23.3 Å². The lowest BCUT2D eigenvalue weighted by Crippen LogP contribution is -2.11. The Balaban J connectivity index is 1.79. The molecule has 6 nitrogen and oxygen atoms in total. The molecule has 0 aliphatic rings. The van der Waals surface area contributed by atoms with E-state index in [0.717, 1.165) is 11.1 Å². The topological polar surface area (TPSA) is 97.4 Å². The van der Waals surface area contributed by atoms with Gasteiger partial charge in [-0.05, 0) is 17.2 Å². The van der Waals surface area contributed by atoms with Crippen LogP contribution in [0.4, 0.5) is 11.6 Å². The standard InChI is InChI=1S/C26H20N6/c27-14-22-24(21-12-7-13-29-18-21)23(15-28)26(31-17-20-10-5-2-6-11-20)32-25(22)30-16-19-8-3-1-4-9-19/h1-13,18H,16-17H2,(H2,30,31,32). The number of hydrogen-bond donors (Lipinski definition) is 2. The largest absolute Gasteiger partial charge is 0.365 e. The zero-order chi connectivity index (χ0) is 22.2. The summed E-state index contributed by atoms with van der Waals surface area (Å²) in [5.74, 6) is 0.842. The molecule has 2 aromatic carbocycles. The molecule has 2 aromatic heterocycles. The van der Waals surface area contributed by atoms with Gasteiger partial charge in [-0.3, -0.25) is 4.98 Å². The van der Waals surface area contributed by atoms with Crippen molar-refractivity contribution in [2.75, 3.05) is 10.6 Å². The van der Waals surface area contributed by atoms with E-state index in [1.54, 1.807) is 18.5 Å². The van der Waals surface area contributed by atoms with Crippen molar-refractivity contribution in [1.29, 1.82) is 10.5 Å². The summed E-state index contributed by atoms with van der Waals surface area (Å²) in [5.41, 5.74) is 3.96. The highest BCUT2D eigenvalue weighted by molar-refractivity contribution is 5.85. The summed E-state index contributed by atoms with van der Waals surface area (Å²) in [6.45, 7) is 0.998. The first-order valence-electron chi connectivity index (χ1n) is 10.1. The SMILES string of the molecule is N#Cc1c(NCc2ccccc2)nc(NCc2ccccc2)c(C#N)c1-c1cccnc1. The van der Waals surface area contributed by atoms with Crippen LogP contribution in [0.15, 0.2) is 85.2 Å². The van der Waals surface area contributed by atoms with Gasteiger partial charge in [-0.25, -0.2) is 4.98 Å². The first-order valence-corrected chi connectivity index (χ1v) is 10.1. The van der Waals surface area contributed by atoms with Gasteiger partial charge in [0.05, 0.1) is 0 Å². The van der Waals surface area contributed by atoms with Crippen molar-refractivity contribution in [1.82, 2.24) is 9.97 Å². The second-order valence-corrected chi connectivity index (χ2v) is 7.08. The number of nitriles is 2. The van der Waals surface area contributed by atoms with Crippen LogP contribution in [0.3, 0.4) is 0 Å². The van der Waals surface area contributed by atoms with Gasteiger partial charge in [0.25, 0.3) is 0 Å². The van der Waals surface area contributed by atoms with E-state index in [4.69, 9.17) is 0 Å². The molecule has 0 saturated carbocycles. The molecule has 4 rings (SSSR count). The van der Waals surface area contributed by atoms with Crippen molar-refractivity contribution in [3.63, 3.8) is 0 Å². The lowest BCUT2D eigenvalue weighted by atomic mass is 9.97. The average molecular weight is 416 g/mol. The molecule has 0 unspecified atom stereocenters. The van der Waals surface area contributed by atoms with Gasteiger partial charge < -0.3 is 10.6 Å². The number of anilines is 2. The molecule has 0 bridgehead atoms. The zero-order valence-electron chi connectivity index (χ0n) is 17.3. The van der Waals surface area contributed by atoms with Gasteiger partial charge >= 0.3 is 0 Å². The smallest absolute Gasteiger partial charge is 0.147 e. The van der Waals surface area contributed by atoms with Crippen LogP contribution in [0.2, 0.25) is 0 Å². The molecule has 0 atom stereocenters. The minimum Gasteiger partial charge on any atom is -0.365 e. The predicted octanol–water partition coefficient (Wildman–Crippen LogP) is 5.11. The average Bonchev–Trinajstić information content (AvgIpc) is 2.87. The summed E-state index contributed by atoms with van der Waals surface area (Å²) >= 11 is 0. The molecule has 0 radical (unpaired) electrons. The van der Waals surface area contributed by atoms with Crippen LogP contribution in [-0.4, -0.2) is 9.97 Å². The van der Waals surface area contributed by atoms with E-state index in [2.05, 4.69) is 32.7 Å². The van der Waals surface area contributed by atoms with E-state index < -0.39 is 0 Å². The number of hydrogen-bond acceptors (Lipinski definition) is 6. The van der Waals surface area contributed by atoms with E-state index >= 15 is 0 Å². The molecule has 0 saturated heterocycles. The maximum Gasteiger partial charge on any atom is 0.147 e. The number of nitrogens with zero attached hydrogens (tertiary/aromatic N) is 4. The first-order chi connectivity index (χ1) is 15.8. The Morgan fingerprint density at radius 2 is 1.22 bits per heavy atom. The minimum absolute atomic E-state index is 0.316. The monoisotopic (exact) mass is 416 g/mol. The van der Waals surface area contributed by atoms with Gasteiger partial charge in [-0.15, -0.1) is 0 Å². The lowest BCUT2D eigenvalue weighted by molar-refractivity contribution is 1.07. The van der Waals surface area contributed by atoms with Crippen LogP contribution < -0.4 is 10.6 Å². The summed E-state index contributed by atoms with van der Waals surface area (Å²) in [7, 11) is 0. The summed E-state index contributed by atoms with van der Waals surface area (Å²) in [4.78, 5) is 8.82. The van der Waals surface area contributed by atoms with Crippen molar-refractivity contribution in [2.45, 2.75) is 13.1 Å². The Kier molecular flexibility index (Phi) is 6.36. The molecule has 2 heterocycles. The Morgan fingerprint density at radius 3 is 1.66 bits per heavy atom. The third-order valence-electron chi connectivity index (χ3n) is 4.98. The molecule has 2 N–H and O–H groups in total. The molecule has 0 aliphatic heterocycles. The van der Waals surface area contributed by atoms with Crippen LogP contribution in [0.25, 0.3) is 11.1 Å². The fraction of sp³-hybridized carbons (Fsp3) is 0.0769. The quantitative estimate of drug-likeness (QED) is 0.434. The van der Waals surface area contributed by atoms with Crippen molar-refractivity contribution < 1.29 is 0 Å². The normalized spacial score (nSPS) is 10.1. The molecule has 0 amide bonds. The molecule has 0 fully saturated rings. The number of pyridine rings is 2. The van der Waals surface area contributed by atoms with E-state index in [0.29, 0.717) is 47.0 Å². The van der Waals surface area contributed by atoms with Crippen LogP contribution in [0, 0.1) is 22.7 Å². The van der Waals surface area contributed by atoms with Crippen molar-refractivity contribution in [3.05, 3.63) is 107 Å². The zero-order valence-corrected chi connectivity index (χ0v) is 17.3. The van der Waals surface area contributed by atoms with Gasteiger partial charge in [-0.2, -0.15) is 10.5 Å². The predicted molar refractivity (Wildman–Crippen MR) is 124 cm³/mol. The maximum absolute atomic E-state index is 10.00. The van der Waals surface area contributed by atoms with Crippen LogP contribution in [0.1, 0.15) is 22.3 Å². The van der Waals surface area contributed by atoms with Crippen molar-refractivity contribution >= 4 is 11.6 Å². The molecule has 4 aromatic rings. The fourth-order valence-electron chi connectivity index (χ4n) is 3.42. The third kappa shape index (κ3) is 4.56. The van der Waals surface area contributed by atoms with Gasteiger partial charge in [0, 0.05) is 36.6 Å². The summed E-state index contributed by atoms with van der Waals surface area (Å²) in [5, 5.41) is 26.5. The molecular formula is C26H20N6. The highest BCUT2D eigenvalue weighted by atomic mass is 15.1. The number of benzene rings is 2. The summed E-state index contributed by atoms with van der Waals surface area (Å²) < 4.78 is 0. The Hall–Kier alpha value is -4.68. The Bertz CT molecular complexity index is 1190. The van der Waals surface area contributed by atoms with Crippen molar-refractivity contribution in [2.24, 2.45) is 0 Å². The van der Waals surface area contributed by atoms with Crippen LogP contribution >= 0.6 is 0 Å². The third-order valence-corrected chi connectivity index (χ3v) is 4.98. The summed E-state index contributed by atoms with van der Waals surface area (Å²) in [6, 6.07) is 27.9. The van der Waals surface area contributed by atoms with Crippen LogP contribution in [0.5, 0.6) is 0 Å². The maximum atomic E-state index is 10.00. The fourth-order valence-corrected chi connectivity index (χ4v) is 3.42. The molecular weight excluding hydrogens is 396 g/mol. The Morgan fingerprint density at radius 1 is 0.688 bits per heavy atom. The lowest BCUT2D eigenvalue weighted by Gasteiger charge is -2.17. The second-order valence-electron chi connectivity index (χ2n) is 7.08. The van der Waals surface area contributed by atoms with Gasteiger partial charge in [-0.1, -0.05) is 66.7 Å². The Labute approximate surface area is 186 Å². The first kappa shape index (κ1) is 20.6. The van der Waals surface area contributed by atoms with Gasteiger partial charge in [0.2, 0.25) is 0 Å². The van der Waals surface area contributed by atoms with E-state index in [9.17, 15) is 10.5 Å². The molecule has 6 heteroatoms. The van der Waals surface area contributed by atoms with E-state index in [-0.39, 0.29) is 0 Å². The molecule has 154 valence electrons. The molecule has 32 heavy (non-hydrogen) atoms. The molecule has 0 spiro atoms. The highest BCUT2D eigenvalue weighted by Gasteiger charge is 2.21. The number of aromatic nitrogens is 2. The van der Waals surface area contributed by atoms with E-state index in [1.807, 2.05) is 66.7 Å². The van der Waals surface area contributed by atoms with Gasteiger partial charge in [0.1, 0.15) is 34.9 Å². The number of nitrogens with one attached hydrogen (secondary N) is 2. The second kappa shape index (κ2) is 9.88. The minimum atomic E-state index is 0.316. The summed E-state index contributed by atoms with van der Waals surface area (Å²) in [6.07, 6.45) is 3.31.